The van der Waals surface area contributed by atoms with Crippen molar-refractivity contribution in [2.45, 2.75) is 42.4 Å². The minimum absolute atomic E-state index is 0.379. The van der Waals surface area contributed by atoms with Crippen molar-refractivity contribution in [3.8, 4) is 0 Å². The zero-order valence-corrected chi connectivity index (χ0v) is 17.2. The highest BCUT2D eigenvalue weighted by Gasteiger charge is 2.27. The number of hydrogen-bond acceptors (Lipinski definition) is 6. The monoisotopic (exact) mass is 422 g/mol. The molecule has 4 rings (SSSR count). The highest BCUT2D eigenvalue weighted by Crippen LogP contribution is 2.34. The van der Waals surface area contributed by atoms with E-state index in [-0.39, 0.29) is 0 Å². The molecular weight excluding hydrogens is 403 g/mol. The van der Waals surface area contributed by atoms with Crippen molar-refractivity contribution >= 4 is 51.9 Å². The molecule has 0 unspecified atom stereocenters. The topological polar surface area (TPSA) is 81.7 Å². The number of anilines is 1. The molecule has 3 N–H and O–H groups in total. The molecule has 1 aromatic carbocycles. The van der Waals surface area contributed by atoms with Crippen LogP contribution in [0.25, 0.3) is 11.2 Å². The third-order valence-corrected chi connectivity index (χ3v) is 6.10. The van der Waals surface area contributed by atoms with Crippen LogP contribution in [-0.2, 0) is 6.54 Å². The molecule has 1 aliphatic carbocycles. The van der Waals surface area contributed by atoms with Gasteiger partial charge in [-0.05, 0) is 43.9 Å². The number of imidazole rings is 1. The summed E-state index contributed by atoms with van der Waals surface area (Å²) in [4.78, 5) is 14.0. The van der Waals surface area contributed by atoms with E-state index in [0.29, 0.717) is 27.4 Å². The second-order valence-corrected chi connectivity index (χ2v) is 8.68. The van der Waals surface area contributed by atoms with Gasteiger partial charge in [0, 0.05) is 34.1 Å². The Hall–Kier alpha value is -1.54. The summed E-state index contributed by atoms with van der Waals surface area (Å²) in [5.41, 5.74) is 7.36. The first-order valence-electron chi connectivity index (χ1n) is 8.85. The molecule has 142 valence electrons. The second-order valence-electron chi connectivity index (χ2n) is 6.76. The van der Waals surface area contributed by atoms with E-state index in [2.05, 4.69) is 31.8 Å². The van der Waals surface area contributed by atoms with E-state index < -0.39 is 0 Å². The normalized spacial score (nSPS) is 15.4. The summed E-state index contributed by atoms with van der Waals surface area (Å²) in [6.45, 7) is 3.81. The Bertz CT molecular complexity index is 952. The molecule has 0 aliphatic heterocycles. The van der Waals surface area contributed by atoms with E-state index in [1.54, 1.807) is 6.07 Å². The van der Waals surface area contributed by atoms with Crippen LogP contribution in [0.3, 0.4) is 0 Å². The highest BCUT2D eigenvalue weighted by atomic mass is 35.5. The molecule has 0 bridgehead atoms. The average molecular weight is 423 g/mol. The van der Waals surface area contributed by atoms with Gasteiger partial charge in [0.25, 0.3) is 0 Å². The quantitative estimate of drug-likeness (QED) is 0.591. The number of halogens is 2. The van der Waals surface area contributed by atoms with Crippen molar-refractivity contribution in [1.82, 2.24) is 24.8 Å². The van der Waals surface area contributed by atoms with Gasteiger partial charge in [0.1, 0.15) is 6.33 Å². The number of nitrogens with zero attached hydrogens (tertiary/aromatic N) is 4. The lowest BCUT2D eigenvalue weighted by Crippen LogP contribution is -2.31. The Balaban J connectivity index is 1.62. The van der Waals surface area contributed by atoms with Crippen molar-refractivity contribution in [2.24, 2.45) is 5.92 Å². The fourth-order valence-electron chi connectivity index (χ4n) is 3.07. The van der Waals surface area contributed by atoms with E-state index in [9.17, 15) is 0 Å². The molecule has 1 fully saturated rings. The maximum Gasteiger partial charge on any atom is 0.175 e. The Morgan fingerprint density at radius 2 is 2.00 bits per heavy atom. The van der Waals surface area contributed by atoms with Gasteiger partial charge in [0.05, 0.1) is 0 Å². The van der Waals surface area contributed by atoms with Crippen LogP contribution in [-0.4, -0.2) is 32.1 Å². The molecule has 27 heavy (non-hydrogen) atoms. The van der Waals surface area contributed by atoms with Gasteiger partial charge in [0.15, 0.2) is 22.1 Å². The largest absolute Gasteiger partial charge is 0.382 e. The van der Waals surface area contributed by atoms with Gasteiger partial charge in [0.2, 0.25) is 0 Å². The Labute approximate surface area is 171 Å². The summed E-state index contributed by atoms with van der Waals surface area (Å²) in [5, 5.41) is 5.56. The van der Waals surface area contributed by atoms with Crippen LogP contribution in [0.15, 0.2) is 34.6 Å². The van der Waals surface area contributed by atoms with Crippen LogP contribution in [0.5, 0.6) is 0 Å². The molecule has 1 saturated carbocycles. The number of hydrogen-bond donors (Lipinski definition) is 2. The van der Waals surface area contributed by atoms with E-state index in [1.165, 1.54) is 30.9 Å². The lowest BCUT2D eigenvalue weighted by atomic mass is 10.2. The lowest BCUT2D eigenvalue weighted by molar-refractivity contribution is 0.469. The summed E-state index contributed by atoms with van der Waals surface area (Å²) in [7, 11) is 0. The molecule has 2 aromatic heterocycles. The molecule has 1 atom stereocenters. The van der Waals surface area contributed by atoms with Gasteiger partial charge in [-0.2, -0.15) is 0 Å². The molecule has 6 nitrogen and oxygen atoms in total. The number of rotatable bonds is 7. The van der Waals surface area contributed by atoms with Crippen LogP contribution in [0.2, 0.25) is 10.0 Å². The zero-order chi connectivity index (χ0) is 19.0. The Morgan fingerprint density at radius 3 is 2.70 bits per heavy atom. The van der Waals surface area contributed by atoms with Crippen LogP contribution < -0.4 is 11.1 Å². The first-order chi connectivity index (χ1) is 13.0. The summed E-state index contributed by atoms with van der Waals surface area (Å²) >= 11 is 13.8. The van der Waals surface area contributed by atoms with E-state index in [1.807, 2.05) is 12.1 Å². The van der Waals surface area contributed by atoms with Gasteiger partial charge >= 0.3 is 0 Å². The molecule has 0 saturated heterocycles. The fraction of sp³-hybridized carbons (Fsp3) is 0.389. The lowest BCUT2D eigenvalue weighted by Gasteiger charge is -2.14. The van der Waals surface area contributed by atoms with Gasteiger partial charge in [-0.1, -0.05) is 35.0 Å². The molecule has 0 radical (unpaired) electrons. The number of benzene rings is 1. The number of nitrogens with two attached hydrogens (primary N) is 1. The molecule has 0 spiro atoms. The van der Waals surface area contributed by atoms with Crippen LogP contribution >= 0.6 is 35.0 Å². The first-order valence-corrected chi connectivity index (χ1v) is 10.4. The molecular formula is C18H20Cl2N6S. The molecule has 3 aromatic rings. The summed E-state index contributed by atoms with van der Waals surface area (Å²) in [6.07, 6.45) is 4.12. The van der Waals surface area contributed by atoms with Crippen molar-refractivity contribution in [2.75, 3.05) is 12.3 Å². The number of nitrogen functional groups attached to an aromatic ring is 1. The summed E-state index contributed by atoms with van der Waals surface area (Å²) in [5.74, 6) is 1.19. The minimum atomic E-state index is 0.379. The second kappa shape index (κ2) is 7.83. The Morgan fingerprint density at radius 1 is 1.26 bits per heavy atom. The molecule has 1 aliphatic rings. The smallest absolute Gasteiger partial charge is 0.175 e. The van der Waals surface area contributed by atoms with E-state index in [0.717, 1.165) is 34.7 Å². The summed E-state index contributed by atoms with van der Waals surface area (Å²) in [6, 6.07) is 5.97. The molecule has 0 amide bonds. The highest BCUT2D eigenvalue weighted by molar-refractivity contribution is 7.99. The minimum Gasteiger partial charge on any atom is -0.382 e. The molecule has 9 heteroatoms. The standard InChI is InChI=1S/C18H20Cl2N6S/c1-10(11-2-3-11)22-4-5-26-17-15(16(21)23-9-24-17)25-18(26)27-14-7-12(19)6-13(20)8-14/h6-11,22H,2-5H2,1H3,(H2,21,23,24)/t10-/m0/s1. The predicted molar refractivity (Wildman–Crippen MR) is 111 cm³/mol. The van der Waals surface area contributed by atoms with Gasteiger partial charge in [-0.25, -0.2) is 15.0 Å². The average Bonchev–Trinajstić information content (AvgIpc) is 3.39. The van der Waals surface area contributed by atoms with E-state index >= 15 is 0 Å². The van der Waals surface area contributed by atoms with Crippen LogP contribution in [0.1, 0.15) is 19.8 Å². The third-order valence-electron chi connectivity index (χ3n) is 4.70. The summed E-state index contributed by atoms with van der Waals surface area (Å²) < 4.78 is 2.07. The number of nitrogens with one attached hydrogen (secondary N) is 1. The zero-order valence-electron chi connectivity index (χ0n) is 14.8. The third kappa shape index (κ3) is 4.32. The van der Waals surface area contributed by atoms with Gasteiger partial charge < -0.3 is 15.6 Å². The van der Waals surface area contributed by atoms with Gasteiger partial charge in [-0.3, -0.25) is 0 Å². The van der Waals surface area contributed by atoms with E-state index in [4.69, 9.17) is 28.9 Å². The van der Waals surface area contributed by atoms with Crippen LogP contribution in [0, 0.1) is 5.92 Å². The fourth-order valence-corrected chi connectivity index (χ4v) is 4.74. The number of fused-ring (bicyclic) bond motifs is 1. The first kappa shape index (κ1) is 18.8. The maximum absolute atomic E-state index is 6.14. The van der Waals surface area contributed by atoms with Gasteiger partial charge in [-0.15, -0.1) is 0 Å². The van der Waals surface area contributed by atoms with Crippen molar-refractivity contribution in [3.63, 3.8) is 0 Å². The molecule has 2 heterocycles. The van der Waals surface area contributed by atoms with Crippen LogP contribution in [0.4, 0.5) is 5.82 Å². The predicted octanol–water partition coefficient (Wildman–Crippen LogP) is 4.25. The SMILES string of the molecule is C[C@H](NCCn1c(Sc2cc(Cl)cc(Cl)c2)nc2c(N)ncnc21)C1CC1. The Kier molecular flexibility index (Phi) is 5.45. The number of aromatic nitrogens is 4. The van der Waals surface area contributed by atoms with Crippen molar-refractivity contribution < 1.29 is 0 Å². The van der Waals surface area contributed by atoms with Crippen molar-refractivity contribution in [1.29, 1.82) is 0 Å². The maximum atomic E-state index is 6.14. The van der Waals surface area contributed by atoms with Crippen molar-refractivity contribution in [3.05, 3.63) is 34.6 Å².